The average Bonchev–Trinajstić information content (AvgIpc) is 2.89. The predicted molar refractivity (Wildman–Crippen MR) is 82.8 cm³/mol. The third-order valence-corrected chi connectivity index (χ3v) is 3.21. The molecule has 21 heavy (non-hydrogen) atoms. The summed E-state index contributed by atoms with van der Waals surface area (Å²) in [5, 5.41) is 0. The molecular formula is C17H18N2O2. The standard InChI is InChI=1S/C17H18N2O2/c1-3-20-14-8-9-15-16(10-14)19-17(18-15)11-21-13-6-4-12(2)5-7-13/h4-10H,3,11H2,1-2H3,(H,18,19). The summed E-state index contributed by atoms with van der Waals surface area (Å²) in [6.07, 6.45) is 0. The lowest BCUT2D eigenvalue weighted by Crippen LogP contribution is -1.97. The zero-order chi connectivity index (χ0) is 14.7. The van der Waals surface area contributed by atoms with Gasteiger partial charge in [0.25, 0.3) is 0 Å². The molecule has 1 N–H and O–H groups in total. The number of imidazole rings is 1. The Morgan fingerprint density at radius 2 is 1.76 bits per heavy atom. The topological polar surface area (TPSA) is 47.1 Å². The van der Waals surface area contributed by atoms with Crippen molar-refractivity contribution >= 4 is 11.0 Å². The summed E-state index contributed by atoms with van der Waals surface area (Å²) in [4.78, 5) is 7.77. The van der Waals surface area contributed by atoms with E-state index in [0.29, 0.717) is 13.2 Å². The van der Waals surface area contributed by atoms with Crippen LogP contribution in [0.1, 0.15) is 18.3 Å². The number of aromatic amines is 1. The maximum Gasteiger partial charge on any atom is 0.146 e. The lowest BCUT2D eigenvalue weighted by molar-refractivity contribution is 0.297. The first-order chi connectivity index (χ1) is 10.2. The fraction of sp³-hybridized carbons (Fsp3) is 0.235. The van der Waals surface area contributed by atoms with Crippen LogP contribution in [-0.4, -0.2) is 16.6 Å². The maximum absolute atomic E-state index is 5.73. The molecule has 0 aliphatic rings. The van der Waals surface area contributed by atoms with Crippen molar-refractivity contribution < 1.29 is 9.47 Å². The van der Waals surface area contributed by atoms with E-state index in [9.17, 15) is 0 Å². The van der Waals surface area contributed by atoms with Gasteiger partial charge >= 0.3 is 0 Å². The minimum absolute atomic E-state index is 0.418. The van der Waals surface area contributed by atoms with Crippen molar-refractivity contribution in [3.8, 4) is 11.5 Å². The summed E-state index contributed by atoms with van der Waals surface area (Å²) >= 11 is 0. The zero-order valence-electron chi connectivity index (χ0n) is 12.2. The third kappa shape index (κ3) is 3.16. The molecule has 0 amide bonds. The van der Waals surface area contributed by atoms with Crippen LogP contribution < -0.4 is 9.47 Å². The minimum atomic E-state index is 0.418. The van der Waals surface area contributed by atoms with Crippen molar-refractivity contribution in [3.05, 3.63) is 53.9 Å². The number of hydrogen-bond acceptors (Lipinski definition) is 3. The molecule has 0 aliphatic carbocycles. The van der Waals surface area contributed by atoms with Crippen molar-refractivity contribution in [2.45, 2.75) is 20.5 Å². The van der Waals surface area contributed by atoms with Crippen LogP contribution in [0.25, 0.3) is 11.0 Å². The highest BCUT2D eigenvalue weighted by Crippen LogP contribution is 2.20. The Kier molecular flexibility index (Phi) is 3.77. The predicted octanol–water partition coefficient (Wildman–Crippen LogP) is 3.85. The van der Waals surface area contributed by atoms with Crippen LogP contribution in [0.5, 0.6) is 11.5 Å². The Hall–Kier alpha value is -2.49. The van der Waals surface area contributed by atoms with Gasteiger partial charge in [0.2, 0.25) is 0 Å². The van der Waals surface area contributed by atoms with Gasteiger partial charge in [0.15, 0.2) is 0 Å². The SMILES string of the molecule is CCOc1ccc2nc(COc3ccc(C)cc3)[nH]c2c1. The van der Waals surface area contributed by atoms with E-state index in [0.717, 1.165) is 28.4 Å². The molecule has 0 bridgehead atoms. The van der Waals surface area contributed by atoms with E-state index in [1.807, 2.05) is 49.4 Å². The first-order valence-corrected chi connectivity index (χ1v) is 7.05. The Morgan fingerprint density at radius 3 is 2.52 bits per heavy atom. The Balaban J connectivity index is 1.73. The molecule has 0 fully saturated rings. The number of rotatable bonds is 5. The third-order valence-electron chi connectivity index (χ3n) is 3.21. The molecule has 3 rings (SSSR count). The number of benzene rings is 2. The van der Waals surface area contributed by atoms with Gasteiger partial charge < -0.3 is 14.5 Å². The highest BCUT2D eigenvalue weighted by atomic mass is 16.5. The average molecular weight is 282 g/mol. The second-order valence-electron chi connectivity index (χ2n) is 4.90. The van der Waals surface area contributed by atoms with Crippen LogP contribution in [0.2, 0.25) is 0 Å². The molecule has 3 aromatic rings. The molecule has 0 atom stereocenters. The number of nitrogens with one attached hydrogen (secondary N) is 1. The van der Waals surface area contributed by atoms with E-state index < -0.39 is 0 Å². The number of nitrogens with zero attached hydrogens (tertiary/aromatic N) is 1. The second kappa shape index (κ2) is 5.87. The second-order valence-corrected chi connectivity index (χ2v) is 4.90. The summed E-state index contributed by atoms with van der Waals surface area (Å²) in [6, 6.07) is 13.8. The Labute approximate surface area is 123 Å². The fourth-order valence-electron chi connectivity index (χ4n) is 2.15. The molecule has 0 aliphatic heterocycles. The van der Waals surface area contributed by atoms with Crippen molar-refractivity contribution in [1.82, 2.24) is 9.97 Å². The number of H-pyrrole nitrogens is 1. The number of ether oxygens (including phenoxy) is 2. The quantitative estimate of drug-likeness (QED) is 0.773. The first-order valence-electron chi connectivity index (χ1n) is 7.05. The largest absolute Gasteiger partial charge is 0.494 e. The van der Waals surface area contributed by atoms with Gasteiger partial charge in [-0.2, -0.15) is 0 Å². The van der Waals surface area contributed by atoms with E-state index in [1.54, 1.807) is 0 Å². The van der Waals surface area contributed by atoms with Crippen LogP contribution in [0.4, 0.5) is 0 Å². The molecule has 2 aromatic carbocycles. The van der Waals surface area contributed by atoms with Gasteiger partial charge in [0, 0.05) is 6.07 Å². The summed E-state index contributed by atoms with van der Waals surface area (Å²) in [7, 11) is 0. The molecule has 0 saturated carbocycles. The van der Waals surface area contributed by atoms with Gasteiger partial charge in [-0.25, -0.2) is 4.98 Å². The highest BCUT2D eigenvalue weighted by molar-refractivity contribution is 5.76. The highest BCUT2D eigenvalue weighted by Gasteiger charge is 2.05. The number of aryl methyl sites for hydroxylation is 1. The lowest BCUT2D eigenvalue weighted by Gasteiger charge is -2.03. The number of fused-ring (bicyclic) bond motifs is 1. The Bertz CT molecular complexity index is 732. The zero-order valence-corrected chi connectivity index (χ0v) is 12.2. The van der Waals surface area contributed by atoms with Crippen molar-refractivity contribution in [3.63, 3.8) is 0 Å². The van der Waals surface area contributed by atoms with Gasteiger partial charge in [0.1, 0.15) is 23.9 Å². The number of hydrogen-bond donors (Lipinski definition) is 1. The van der Waals surface area contributed by atoms with Crippen LogP contribution in [-0.2, 0) is 6.61 Å². The number of aromatic nitrogens is 2. The van der Waals surface area contributed by atoms with Crippen molar-refractivity contribution in [2.75, 3.05) is 6.61 Å². The molecule has 0 saturated heterocycles. The molecule has 1 aromatic heterocycles. The summed E-state index contributed by atoms with van der Waals surface area (Å²) < 4.78 is 11.2. The normalized spacial score (nSPS) is 10.8. The lowest BCUT2D eigenvalue weighted by atomic mass is 10.2. The molecular weight excluding hydrogens is 264 g/mol. The van der Waals surface area contributed by atoms with E-state index in [1.165, 1.54) is 5.56 Å². The van der Waals surface area contributed by atoms with E-state index in [-0.39, 0.29) is 0 Å². The van der Waals surface area contributed by atoms with Crippen LogP contribution >= 0.6 is 0 Å². The van der Waals surface area contributed by atoms with Gasteiger partial charge in [-0.3, -0.25) is 0 Å². The van der Waals surface area contributed by atoms with Gasteiger partial charge in [-0.1, -0.05) is 17.7 Å². The molecule has 0 unspecified atom stereocenters. The van der Waals surface area contributed by atoms with Crippen molar-refractivity contribution in [2.24, 2.45) is 0 Å². The molecule has 4 heteroatoms. The molecule has 0 spiro atoms. The van der Waals surface area contributed by atoms with Gasteiger partial charge in [-0.15, -0.1) is 0 Å². The molecule has 1 heterocycles. The molecule has 4 nitrogen and oxygen atoms in total. The maximum atomic E-state index is 5.73. The monoisotopic (exact) mass is 282 g/mol. The molecule has 0 radical (unpaired) electrons. The smallest absolute Gasteiger partial charge is 0.146 e. The van der Waals surface area contributed by atoms with Crippen LogP contribution in [0.15, 0.2) is 42.5 Å². The summed E-state index contributed by atoms with van der Waals surface area (Å²) in [5.41, 5.74) is 3.10. The minimum Gasteiger partial charge on any atom is -0.494 e. The van der Waals surface area contributed by atoms with E-state index in [2.05, 4.69) is 16.9 Å². The van der Waals surface area contributed by atoms with E-state index in [4.69, 9.17) is 9.47 Å². The van der Waals surface area contributed by atoms with Crippen molar-refractivity contribution in [1.29, 1.82) is 0 Å². The summed E-state index contributed by atoms with van der Waals surface area (Å²) in [5.74, 6) is 2.50. The van der Waals surface area contributed by atoms with E-state index >= 15 is 0 Å². The van der Waals surface area contributed by atoms with Gasteiger partial charge in [-0.05, 0) is 38.1 Å². The fourth-order valence-corrected chi connectivity index (χ4v) is 2.15. The van der Waals surface area contributed by atoms with Gasteiger partial charge in [0.05, 0.1) is 17.6 Å². The summed E-state index contributed by atoms with van der Waals surface area (Å²) in [6.45, 7) is 5.10. The van der Waals surface area contributed by atoms with Crippen LogP contribution in [0.3, 0.4) is 0 Å². The van der Waals surface area contributed by atoms with Crippen LogP contribution in [0, 0.1) is 6.92 Å². The Morgan fingerprint density at radius 1 is 1.00 bits per heavy atom. The first kappa shape index (κ1) is 13.5. The molecule has 108 valence electrons.